The third-order valence-corrected chi connectivity index (χ3v) is 4.29. The molecular formula is C17H20N4O4. The number of nitrogens with zero attached hydrogens (tertiary/aromatic N) is 4. The standard InChI is InChI=1S/C17H20N4O4/c1-2-16-11-19(7-8-25-16)17(22)12-20-10-14(9-18-20)13-3-5-15(6-4-13)21(23)24/h3-6,9-10,16H,2,7-8,11-12H2,1H3/t16-/m0/s1. The molecule has 8 heteroatoms. The van der Waals surface area contributed by atoms with Gasteiger partial charge >= 0.3 is 0 Å². The van der Waals surface area contributed by atoms with Crippen LogP contribution in [-0.4, -0.2) is 51.3 Å². The Bertz CT molecular complexity index is 756. The summed E-state index contributed by atoms with van der Waals surface area (Å²) in [5.41, 5.74) is 1.68. The lowest BCUT2D eigenvalue weighted by molar-refractivity contribution is -0.384. The van der Waals surface area contributed by atoms with Crippen LogP contribution in [-0.2, 0) is 16.1 Å². The third kappa shape index (κ3) is 4.03. The molecule has 1 aromatic heterocycles. The fraction of sp³-hybridized carbons (Fsp3) is 0.412. The van der Waals surface area contributed by atoms with Crippen LogP contribution < -0.4 is 0 Å². The maximum atomic E-state index is 12.4. The minimum Gasteiger partial charge on any atom is -0.375 e. The van der Waals surface area contributed by atoms with Crippen LogP contribution in [0.1, 0.15) is 13.3 Å². The summed E-state index contributed by atoms with van der Waals surface area (Å²) >= 11 is 0. The Morgan fingerprint density at radius 2 is 2.12 bits per heavy atom. The first-order valence-corrected chi connectivity index (χ1v) is 8.23. The van der Waals surface area contributed by atoms with Crippen molar-refractivity contribution in [1.82, 2.24) is 14.7 Å². The van der Waals surface area contributed by atoms with Crippen LogP contribution in [0.2, 0.25) is 0 Å². The second kappa shape index (κ2) is 7.43. The number of carbonyl (C=O) groups excluding carboxylic acids is 1. The Labute approximate surface area is 145 Å². The van der Waals surface area contributed by atoms with E-state index in [4.69, 9.17) is 4.74 Å². The Balaban J connectivity index is 1.65. The first kappa shape index (κ1) is 17.1. The number of hydrogen-bond donors (Lipinski definition) is 0. The van der Waals surface area contributed by atoms with Crippen molar-refractivity contribution in [3.8, 4) is 11.1 Å². The van der Waals surface area contributed by atoms with Gasteiger partial charge in [0.15, 0.2) is 0 Å². The normalized spacial score (nSPS) is 17.5. The third-order valence-electron chi connectivity index (χ3n) is 4.29. The SMILES string of the molecule is CC[C@H]1CN(C(=O)Cn2cc(-c3ccc([N+](=O)[O-])cc3)cn2)CCO1. The number of morpholine rings is 1. The van der Waals surface area contributed by atoms with Crippen molar-refractivity contribution in [2.45, 2.75) is 26.0 Å². The monoisotopic (exact) mass is 344 g/mol. The van der Waals surface area contributed by atoms with E-state index in [1.54, 1.807) is 29.2 Å². The highest BCUT2D eigenvalue weighted by atomic mass is 16.6. The summed E-state index contributed by atoms with van der Waals surface area (Å²) in [7, 11) is 0. The van der Waals surface area contributed by atoms with E-state index in [9.17, 15) is 14.9 Å². The van der Waals surface area contributed by atoms with Gasteiger partial charge in [-0.05, 0) is 24.1 Å². The van der Waals surface area contributed by atoms with Crippen molar-refractivity contribution in [2.75, 3.05) is 19.7 Å². The maximum absolute atomic E-state index is 12.4. The van der Waals surface area contributed by atoms with E-state index in [1.807, 2.05) is 11.8 Å². The second-order valence-corrected chi connectivity index (χ2v) is 5.97. The van der Waals surface area contributed by atoms with E-state index < -0.39 is 4.92 Å². The van der Waals surface area contributed by atoms with E-state index in [1.165, 1.54) is 12.1 Å². The summed E-state index contributed by atoms with van der Waals surface area (Å²) in [6, 6.07) is 6.26. The highest BCUT2D eigenvalue weighted by Crippen LogP contribution is 2.22. The lowest BCUT2D eigenvalue weighted by Gasteiger charge is -2.32. The smallest absolute Gasteiger partial charge is 0.269 e. The van der Waals surface area contributed by atoms with Gasteiger partial charge in [0, 0.05) is 37.0 Å². The van der Waals surface area contributed by atoms with E-state index in [-0.39, 0.29) is 24.2 Å². The van der Waals surface area contributed by atoms with E-state index >= 15 is 0 Å². The zero-order valence-electron chi connectivity index (χ0n) is 14.0. The zero-order chi connectivity index (χ0) is 17.8. The quantitative estimate of drug-likeness (QED) is 0.612. The van der Waals surface area contributed by atoms with Crippen LogP contribution in [0.4, 0.5) is 5.69 Å². The number of rotatable bonds is 5. The van der Waals surface area contributed by atoms with Gasteiger partial charge < -0.3 is 9.64 Å². The van der Waals surface area contributed by atoms with Gasteiger partial charge in [-0.2, -0.15) is 5.10 Å². The van der Waals surface area contributed by atoms with Gasteiger partial charge in [0.05, 0.1) is 23.8 Å². The summed E-state index contributed by atoms with van der Waals surface area (Å²) in [5.74, 6) is 0.0140. The summed E-state index contributed by atoms with van der Waals surface area (Å²) in [6.07, 6.45) is 4.42. The van der Waals surface area contributed by atoms with Crippen LogP contribution in [0, 0.1) is 10.1 Å². The first-order valence-electron chi connectivity index (χ1n) is 8.23. The van der Waals surface area contributed by atoms with Crippen molar-refractivity contribution in [1.29, 1.82) is 0 Å². The minimum absolute atomic E-state index is 0.0140. The number of amides is 1. The predicted octanol–water partition coefficient (Wildman–Crippen LogP) is 2.10. The van der Waals surface area contributed by atoms with Gasteiger partial charge in [-0.15, -0.1) is 0 Å². The molecule has 0 N–H and O–H groups in total. The van der Waals surface area contributed by atoms with Crippen molar-refractivity contribution in [2.24, 2.45) is 0 Å². The molecule has 132 valence electrons. The van der Waals surface area contributed by atoms with Crippen molar-refractivity contribution >= 4 is 11.6 Å². The van der Waals surface area contributed by atoms with Crippen LogP contribution in [0.25, 0.3) is 11.1 Å². The molecule has 8 nitrogen and oxygen atoms in total. The largest absolute Gasteiger partial charge is 0.375 e. The molecule has 0 spiro atoms. The second-order valence-electron chi connectivity index (χ2n) is 5.97. The molecule has 1 saturated heterocycles. The molecule has 1 fully saturated rings. The number of carbonyl (C=O) groups is 1. The fourth-order valence-corrected chi connectivity index (χ4v) is 2.81. The average Bonchev–Trinajstić information content (AvgIpc) is 3.10. The number of nitro groups is 1. The first-order chi connectivity index (χ1) is 12.1. The molecule has 1 aliphatic heterocycles. The number of ether oxygens (including phenoxy) is 1. The van der Waals surface area contributed by atoms with Gasteiger partial charge in [-0.3, -0.25) is 19.6 Å². The van der Waals surface area contributed by atoms with Crippen LogP contribution >= 0.6 is 0 Å². The molecule has 0 radical (unpaired) electrons. The van der Waals surface area contributed by atoms with Gasteiger partial charge in [0.1, 0.15) is 6.54 Å². The zero-order valence-corrected chi connectivity index (χ0v) is 14.0. The Morgan fingerprint density at radius 1 is 1.36 bits per heavy atom. The van der Waals surface area contributed by atoms with E-state index in [0.717, 1.165) is 17.5 Å². The Kier molecular flexibility index (Phi) is 5.08. The van der Waals surface area contributed by atoms with Gasteiger partial charge in [0.2, 0.25) is 5.91 Å². The van der Waals surface area contributed by atoms with Gasteiger partial charge in [-0.25, -0.2) is 0 Å². The number of aromatic nitrogens is 2. The topological polar surface area (TPSA) is 90.5 Å². The van der Waals surface area contributed by atoms with E-state index in [0.29, 0.717) is 19.7 Å². The van der Waals surface area contributed by atoms with Crippen molar-refractivity contribution < 1.29 is 14.5 Å². The molecule has 1 atom stereocenters. The summed E-state index contributed by atoms with van der Waals surface area (Å²) in [4.78, 5) is 24.5. The molecule has 0 saturated carbocycles. The van der Waals surface area contributed by atoms with Crippen LogP contribution in [0.5, 0.6) is 0 Å². The molecule has 2 aromatic rings. The molecular weight excluding hydrogens is 324 g/mol. The van der Waals surface area contributed by atoms with Crippen LogP contribution in [0.15, 0.2) is 36.7 Å². The highest BCUT2D eigenvalue weighted by molar-refractivity contribution is 5.76. The number of hydrogen-bond acceptors (Lipinski definition) is 5. The molecule has 1 aliphatic rings. The summed E-state index contributed by atoms with van der Waals surface area (Å²) in [6.45, 7) is 4.00. The molecule has 2 heterocycles. The lowest BCUT2D eigenvalue weighted by Crippen LogP contribution is -2.46. The predicted molar refractivity (Wildman–Crippen MR) is 90.9 cm³/mol. The minimum atomic E-state index is -0.433. The Hall–Kier alpha value is -2.74. The molecule has 25 heavy (non-hydrogen) atoms. The van der Waals surface area contributed by atoms with Crippen molar-refractivity contribution in [3.05, 3.63) is 46.8 Å². The molecule has 0 bridgehead atoms. The Morgan fingerprint density at radius 3 is 2.80 bits per heavy atom. The van der Waals surface area contributed by atoms with Gasteiger partial charge in [0.25, 0.3) is 5.69 Å². The molecule has 0 aliphatic carbocycles. The number of benzene rings is 1. The molecule has 1 aromatic carbocycles. The van der Waals surface area contributed by atoms with E-state index in [2.05, 4.69) is 5.10 Å². The fourth-order valence-electron chi connectivity index (χ4n) is 2.81. The summed E-state index contributed by atoms with van der Waals surface area (Å²) < 4.78 is 7.17. The number of nitro benzene ring substituents is 1. The molecule has 1 amide bonds. The highest BCUT2D eigenvalue weighted by Gasteiger charge is 2.23. The molecule has 3 rings (SSSR count). The average molecular weight is 344 g/mol. The number of non-ortho nitro benzene ring substituents is 1. The maximum Gasteiger partial charge on any atom is 0.269 e. The summed E-state index contributed by atoms with van der Waals surface area (Å²) in [5, 5.41) is 14.9. The molecule has 0 unspecified atom stereocenters. The lowest BCUT2D eigenvalue weighted by atomic mass is 10.1. The van der Waals surface area contributed by atoms with Crippen LogP contribution in [0.3, 0.4) is 0 Å². The van der Waals surface area contributed by atoms with Crippen molar-refractivity contribution in [3.63, 3.8) is 0 Å². The van der Waals surface area contributed by atoms with Gasteiger partial charge in [-0.1, -0.05) is 6.92 Å².